The minimum absolute atomic E-state index is 0.108. The Labute approximate surface area is 123 Å². The van der Waals surface area contributed by atoms with Gasteiger partial charge in [-0.05, 0) is 18.2 Å². The number of terminal acetylenes is 1. The Kier molecular flexibility index (Phi) is 3.44. The molecule has 2 aromatic carbocycles. The van der Waals surface area contributed by atoms with Crippen molar-refractivity contribution in [2.75, 3.05) is 11.9 Å². The zero-order valence-corrected chi connectivity index (χ0v) is 11.3. The molecule has 21 heavy (non-hydrogen) atoms. The van der Waals surface area contributed by atoms with E-state index in [0.29, 0.717) is 11.3 Å². The van der Waals surface area contributed by atoms with Gasteiger partial charge < -0.3 is 10.1 Å². The lowest BCUT2D eigenvalue weighted by molar-refractivity contribution is -0.110. The molecule has 1 N–H and O–H groups in total. The largest absolute Gasteiger partial charge is 0.480 e. The molecular weight excluding hydrogens is 262 g/mol. The van der Waals surface area contributed by atoms with Crippen LogP contribution in [-0.4, -0.2) is 12.5 Å². The highest BCUT2D eigenvalue weighted by Gasteiger charge is 2.23. The molecule has 0 saturated carbocycles. The van der Waals surface area contributed by atoms with Crippen LogP contribution in [-0.2, 0) is 4.79 Å². The van der Waals surface area contributed by atoms with Gasteiger partial charge in [0.05, 0.1) is 0 Å². The first kappa shape index (κ1) is 13.0. The number of anilines is 1. The van der Waals surface area contributed by atoms with Gasteiger partial charge in [0.25, 0.3) is 5.91 Å². The van der Waals surface area contributed by atoms with Crippen molar-refractivity contribution in [1.82, 2.24) is 0 Å². The van der Waals surface area contributed by atoms with Crippen molar-refractivity contribution in [2.24, 2.45) is 0 Å². The summed E-state index contributed by atoms with van der Waals surface area (Å²) < 4.78 is 5.51. The summed E-state index contributed by atoms with van der Waals surface area (Å²) in [4.78, 5) is 12.1. The summed E-state index contributed by atoms with van der Waals surface area (Å²) in [6.07, 6.45) is 7.05. The molecule has 1 amide bonds. The highest BCUT2D eigenvalue weighted by molar-refractivity contribution is 6.35. The van der Waals surface area contributed by atoms with Gasteiger partial charge in [0.15, 0.2) is 0 Å². The summed E-state index contributed by atoms with van der Waals surface area (Å²) in [5, 5.41) is 2.85. The van der Waals surface area contributed by atoms with Gasteiger partial charge >= 0.3 is 0 Å². The normalized spacial score (nSPS) is 14.4. The topological polar surface area (TPSA) is 38.3 Å². The van der Waals surface area contributed by atoms with Gasteiger partial charge in [-0.2, -0.15) is 0 Å². The second-order valence-electron chi connectivity index (χ2n) is 4.59. The number of hydrogen-bond acceptors (Lipinski definition) is 2. The van der Waals surface area contributed by atoms with Gasteiger partial charge in [0.1, 0.15) is 12.4 Å². The molecule has 0 aliphatic carbocycles. The Balaban J connectivity index is 2.03. The predicted molar refractivity (Wildman–Crippen MR) is 83.7 cm³/mol. The molecule has 0 atom stereocenters. The third-order valence-corrected chi connectivity index (χ3v) is 3.24. The van der Waals surface area contributed by atoms with Gasteiger partial charge in [-0.1, -0.05) is 42.3 Å². The lowest BCUT2D eigenvalue weighted by atomic mass is 10.0. The summed E-state index contributed by atoms with van der Waals surface area (Å²) in [5.41, 5.74) is 3.18. The van der Waals surface area contributed by atoms with Crippen LogP contribution in [0.4, 0.5) is 5.69 Å². The highest BCUT2D eigenvalue weighted by atomic mass is 16.5. The minimum Gasteiger partial charge on any atom is -0.480 e. The van der Waals surface area contributed by atoms with Crippen LogP contribution in [0, 0.1) is 12.3 Å². The molecule has 0 saturated heterocycles. The first-order valence-corrected chi connectivity index (χ1v) is 6.57. The number of ether oxygens (including phenoxy) is 1. The Hall–Kier alpha value is -2.99. The molecule has 1 heterocycles. The first-order chi connectivity index (χ1) is 10.3. The average molecular weight is 275 g/mol. The van der Waals surface area contributed by atoms with Gasteiger partial charge in [0.2, 0.25) is 0 Å². The molecule has 102 valence electrons. The highest BCUT2D eigenvalue weighted by Crippen LogP contribution is 2.34. The quantitative estimate of drug-likeness (QED) is 0.690. The van der Waals surface area contributed by atoms with Crippen LogP contribution in [0.1, 0.15) is 11.1 Å². The van der Waals surface area contributed by atoms with Crippen LogP contribution in [0.15, 0.2) is 48.5 Å². The van der Waals surface area contributed by atoms with Gasteiger partial charge in [-0.15, -0.1) is 6.42 Å². The van der Waals surface area contributed by atoms with Crippen molar-refractivity contribution < 1.29 is 9.53 Å². The molecule has 2 aromatic rings. The van der Waals surface area contributed by atoms with Crippen molar-refractivity contribution in [1.29, 1.82) is 0 Å². The van der Waals surface area contributed by atoms with Crippen molar-refractivity contribution >= 4 is 23.2 Å². The molecule has 3 rings (SSSR count). The maximum absolute atomic E-state index is 12.1. The van der Waals surface area contributed by atoms with Crippen LogP contribution in [0.2, 0.25) is 0 Å². The first-order valence-electron chi connectivity index (χ1n) is 6.57. The smallest absolute Gasteiger partial charge is 0.256 e. The fourth-order valence-corrected chi connectivity index (χ4v) is 2.29. The SMILES string of the molecule is C#CCOc1ccccc1C=C1C(=O)Nc2ccccc21. The number of carbonyl (C=O) groups is 1. The van der Waals surface area contributed by atoms with Crippen LogP contribution >= 0.6 is 0 Å². The van der Waals surface area contributed by atoms with E-state index >= 15 is 0 Å². The number of rotatable bonds is 3. The summed E-state index contributed by atoms with van der Waals surface area (Å²) in [6.45, 7) is 0.197. The molecule has 3 nitrogen and oxygen atoms in total. The second-order valence-corrected chi connectivity index (χ2v) is 4.59. The van der Waals surface area contributed by atoms with Crippen molar-refractivity contribution in [2.45, 2.75) is 0 Å². The number of para-hydroxylation sites is 2. The molecule has 0 bridgehead atoms. The van der Waals surface area contributed by atoms with E-state index in [-0.39, 0.29) is 12.5 Å². The van der Waals surface area contributed by atoms with Gasteiger partial charge in [-0.25, -0.2) is 0 Å². The van der Waals surface area contributed by atoms with Crippen LogP contribution in [0.3, 0.4) is 0 Å². The van der Waals surface area contributed by atoms with E-state index in [0.717, 1.165) is 16.8 Å². The van der Waals surface area contributed by atoms with E-state index in [1.165, 1.54) is 0 Å². The maximum Gasteiger partial charge on any atom is 0.256 e. The molecule has 3 heteroatoms. The molecule has 0 unspecified atom stereocenters. The maximum atomic E-state index is 12.1. The number of nitrogens with one attached hydrogen (secondary N) is 1. The third kappa shape index (κ3) is 2.52. The molecule has 0 fully saturated rings. The Morgan fingerprint density at radius 2 is 1.90 bits per heavy atom. The number of amides is 1. The number of benzene rings is 2. The van der Waals surface area contributed by atoms with E-state index in [1.807, 2.05) is 54.6 Å². The zero-order valence-electron chi connectivity index (χ0n) is 11.3. The summed E-state index contributed by atoms with van der Waals surface area (Å²) in [5.74, 6) is 3.00. The fourth-order valence-electron chi connectivity index (χ4n) is 2.29. The number of fused-ring (bicyclic) bond motifs is 1. The van der Waals surface area contributed by atoms with Crippen molar-refractivity contribution in [3.63, 3.8) is 0 Å². The summed E-state index contributed by atoms with van der Waals surface area (Å²) >= 11 is 0. The van der Waals surface area contributed by atoms with Gasteiger partial charge in [0, 0.05) is 22.4 Å². The van der Waals surface area contributed by atoms with E-state index in [2.05, 4.69) is 11.2 Å². The number of carbonyl (C=O) groups excluding carboxylic acids is 1. The monoisotopic (exact) mass is 275 g/mol. The molecular formula is C18H13NO2. The zero-order chi connectivity index (χ0) is 14.7. The van der Waals surface area contributed by atoms with E-state index in [9.17, 15) is 4.79 Å². The molecule has 0 spiro atoms. The van der Waals surface area contributed by atoms with Crippen LogP contribution in [0.5, 0.6) is 5.75 Å². The van der Waals surface area contributed by atoms with Crippen LogP contribution in [0.25, 0.3) is 11.6 Å². The Morgan fingerprint density at radius 1 is 1.14 bits per heavy atom. The molecule has 1 aliphatic heterocycles. The number of hydrogen-bond donors (Lipinski definition) is 1. The van der Waals surface area contributed by atoms with E-state index in [4.69, 9.17) is 11.2 Å². The van der Waals surface area contributed by atoms with Crippen LogP contribution < -0.4 is 10.1 Å². The lowest BCUT2D eigenvalue weighted by Crippen LogP contribution is -2.03. The molecule has 1 aliphatic rings. The summed E-state index contributed by atoms with van der Waals surface area (Å²) in [6, 6.07) is 15.1. The van der Waals surface area contributed by atoms with Gasteiger partial charge in [-0.3, -0.25) is 4.79 Å². The summed E-state index contributed by atoms with van der Waals surface area (Å²) in [7, 11) is 0. The average Bonchev–Trinajstić information content (AvgIpc) is 2.82. The van der Waals surface area contributed by atoms with E-state index < -0.39 is 0 Å². The Bertz CT molecular complexity index is 769. The fraction of sp³-hybridized carbons (Fsp3) is 0.0556. The van der Waals surface area contributed by atoms with E-state index in [1.54, 1.807) is 0 Å². The Morgan fingerprint density at radius 3 is 2.76 bits per heavy atom. The minimum atomic E-state index is -0.108. The van der Waals surface area contributed by atoms with Crippen molar-refractivity contribution in [3.05, 3.63) is 59.7 Å². The van der Waals surface area contributed by atoms with Crippen molar-refractivity contribution in [3.8, 4) is 18.1 Å². The molecule has 0 radical (unpaired) electrons. The third-order valence-electron chi connectivity index (χ3n) is 3.24. The lowest BCUT2D eigenvalue weighted by Gasteiger charge is -2.06. The standard InChI is InChI=1S/C18H13NO2/c1-2-11-21-17-10-6-3-7-13(17)12-15-14-8-4-5-9-16(14)19-18(15)20/h1,3-10,12H,11H2,(H,19,20). The second kappa shape index (κ2) is 5.56. The molecule has 0 aromatic heterocycles. The predicted octanol–water partition coefficient (Wildman–Crippen LogP) is 3.19.